The summed E-state index contributed by atoms with van der Waals surface area (Å²) >= 11 is 6.08. The summed E-state index contributed by atoms with van der Waals surface area (Å²) in [6, 6.07) is 8.09. The molecular formula is C17H20ClN3O2. The van der Waals surface area contributed by atoms with Crippen LogP contribution in [0.4, 0.5) is 0 Å². The molecule has 0 saturated carbocycles. The predicted molar refractivity (Wildman–Crippen MR) is 89.0 cm³/mol. The molecule has 1 unspecified atom stereocenters. The molecule has 0 N–H and O–H groups in total. The van der Waals surface area contributed by atoms with Crippen LogP contribution in [0.15, 0.2) is 34.9 Å². The van der Waals surface area contributed by atoms with E-state index in [1.54, 1.807) is 7.11 Å². The van der Waals surface area contributed by atoms with Gasteiger partial charge < -0.3 is 9.26 Å². The molecule has 0 fully saturated rings. The number of hydrogen-bond donors (Lipinski definition) is 0. The maximum atomic E-state index is 6.08. The number of benzene rings is 1. The Bertz CT molecular complexity index is 699. The van der Waals surface area contributed by atoms with Crippen molar-refractivity contribution in [1.82, 2.24) is 15.0 Å². The Kier molecular flexibility index (Phi) is 5.10. The molecule has 5 nitrogen and oxygen atoms in total. The molecule has 0 bridgehead atoms. The summed E-state index contributed by atoms with van der Waals surface area (Å²) in [5, 5.41) is 4.70. The van der Waals surface area contributed by atoms with Gasteiger partial charge in [0.05, 0.1) is 6.04 Å². The average Bonchev–Trinajstić information content (AvgIpc) is 3.03. The molecule has 23 heavy (non-hydrogen) atoms. The molecule has 1 aliphatic heterocycles. The first kappa shape index (κ1) is 16.2. The number of nitrogens with zero attached hydrogens (tertiary/aromatic N) is 3. The van der Waals surface area contributed by atoms with Gasteiger partial charge in [0.25, 0.3) is 0 Å². The number of rotatable bonds is 5. The van der Waals surface area contributed by atoms with E-state index in [4.69, 9.17) is 20.9 Å². The van der Waals surface area contributed by atoms with Crippen molar-refractivity contribution in [3.63, 3.8) is 0 Å². The highest BCUT2D eigenvalue weighted by atomic mass is 35.5. The Morgan fingerprint density at radius 1 is 1.43 bits per heavy atom. The highest BCUT2D eigenvalue weighted by Gasteiger charge is 2.23. The Morgan fingerprint density at radius 3 is 3.00 bits per heavy atom. The number of ether oxygens (including phenoxy) is 1. The van der Waals surface area contributed by atoms with E-state index in [2.05, 4.69) is 34.1 Å². The minimum Gasteiger partial charge on any atom is -0.377 e. The first-order valence-electron chi connectivity index (χ1n) is 7.68. The summed E-state index contributed by atoms with van der Waals surface area (Å²) < 4.78 is 10.4. The predicted octanol–water partition coefficient (Wildman–Crippen LogP) is 3.72. The topological polar surface area (TPSA) is 51.4 Å². The molecule has 1 atom stereocenters. The molecule has 1 aromatic heterocycles. The second-order valence-corrected chi connectivity index (χ2v) is 6.08. The third-order valence-corrected chi connectivity index (χ3v) is 4.33. The third-order valence-electron chi connectivity index (χ3n) is 4.10. The lowest BCUT2D eigenvalue weighted by molar-refractivity contribution is 0.173. The van der Waals surface area contributed by atoms with Gasteiger partial charge in [-0.15, -0.1) is 0 Å². The van der Waals surface area contributed by atoms with E-state index < -0.39 is 0 Å². The summed E-state index contributed by atoms with van der Waals surface area (Å²) in [5.41, 5.74) is 2.53. The first-order chi connectivity index (χ1) is 11.2. The van der Waals surface area contributed by atoms with Crippen molar-refractivity contribution >= 4 is 17.2 Å². The number of methoxy groups -OCH3 is 1. The number of aromatic nitrogens is 2. The van der Waals surface area contributed by atoms with Gasteiger partial charge in [0.2, 0.25) is 5.89 Å². The zero-order chi connectivity index (χ0) is 16.2. The van der Waals surface area contributed by atoms with Gasteiger partial charge in [-0.05, 0) is 36.6 Å². The van der Waals surface area contributed by atoms with Crippen molar-refractivity contribution in [3.8, 4) is 0 Å². The maximum absolute atomic E-state index is 6.08. The largest absolute Gasteiger partial charge is 0.377 e. The summed E-state index contributed by atoms with van der Waals surface area (Å²) in [4.78, 5) is 6.70. The van der Waals surface area contributed by atoms with Crippen LogP contribution in [0, 0.1) is 0 Å². The molecular weight excluding hydrogens is 314 g/mol. The zero-order valence-electron chi connectivity index (χ0n) is 13.3. The van der Waals surface area contributed by atoms with E-state index in [1.165, 1.54) is 11.1 Å². The van der Waals surface area contributed by atoms with Crippen LogP contribution in [0.25, 0.3) is 5.57 Å². The van der Waals surface area contributed by atoms with E-state index in [9.17, 15) is 0 Å². The molecule has 0 radical (unpaired) electrons. The summed E-state index contributed by atoms with van der Waals surface area (Å²) in [7, 11) is 1.62. The van der Waals surface area contributed by atoms with Crippen molar-refractivity contribution in [3.05, 3.63) is 52.6 Å². The Labute approximate surface area is 140 Å². The lowest BCUT2D eigenvalue weighted by atomic mass is 9.99. The Hall–Kier alpha value is -1.69. The van der Waals surface area contributed by atoms with Crippen LogP contribution < -0.4 is 0 Å². The molecule has 0 amide bonds. The zero-order valence-corrected chi connectivity index (χ0v) is 14.1. The van der Waals surface area contributed by atoms with Crippen LogP contribution in [0.2, 0.25) is 5.02 Å². The van der Waals surface area contributed by atoms with Crippen molar-refractivity contribution in [2.45, 2.75) is 26.0 Å². The molecule has 1 aliphatic rings. The molecule has 2 heterocycles. The fourth-order valence-electron chi connectivity index (χ4n) is 2.77. The quantitative estimate of drug-likeness (QED) is 0.834. The minimum atomic E-state index is 0.0882. The molecule has 2 aromatic rings. The third kappa shape index (κ3) is 3.80. The van der Waals surface area contributed by atoms with Crippen LogP contribution >= 0.6 is 11.6 Å². The minimum absolute atomic E-state index is 0.0882. The highest BCUT2D eigenvalue weighted by molar-refractivity contribution is 6.30. The average molecular weight is 334 g/mol. The molecule has 0 spiro atoms. The van der Waals surface area contributed by atoms with E-state index >= 15 is 0 Å². The van der Waals surface area contributed by atoms with Crippen molar-refractivity contribution in [2.75, 3.05) is 20.2 Å². The normalized spacial score (nSPS) is 17.1. The van der Waals surface area contributed by atoms with Gasteiger partial charge >= 0.3 is 0 Å². The molecule has 3 rings (SSSR count). The lowest BCUT2D eigenvalue weighted by Gasteiger charge is -2.29. The lowest BCUT2D eigenvalue weighted by Crippen LogP contribution is -2.31. The van der Waals surface area contributed by atoms with Gasteiger partial charge in [0, 0.05) is 25.2 Å². The van der Waals surface area contributed by atoms with Crippen LogP contribution in [0.1, 0.15) is 36.7 Å². The van der Waals surface area contributed by atoms with Crippen molar-refractivity contribution < 1.29 is 9.26 Å². The summed E-state index contributed by atoms with van der Waals surface area (Å²) in [6.45, 7) is 4.25. The first-order valence-corrected chi connectivity index (χ1v) is 8.05. The number of hydrogen-bond acceptors (Lipinski definition) is 5. The van der Waals surface area contributed by atoms with E-state index in [-0.39, 0.29) is 6.04 Å². The van der Waals surface area contributed by atoms with Crippen LogP contribution in [0.5, 0.6) is 0 Å². The molecule has 1 aromatic carbocycles. The van der Waals surface area contributed by atoms with Gasteiger partial charge in [-0.3, -0.25) is 4.90 Å². The fourth-order valence-corrected chi connectivity index (χ4v) is 2.96. The molecule has 6 heteroatoms. The van der Waals surface area contributed by atoms with E-state index in [1.807, 2.05) is 18.2 Å². The second kappa shape index (κ2) is 7.25. The van der Waals surface area contributed by atoms with Crippen LogP contribution in [0.3, 0.4) is 0 Å². The number of halogens is 1. The maximum Gasteiger partial charge on any atom is 0.243 e. The van der Waals surface area contributed by atoms with Crippen molar-refractivity contribution in [2.24, 2.45) is 0 Å². The Balaban J connectivity index is 1.67. The monoisotopic (exact) mass is 333 g/mol. The van der Waals surface area contributed by atoms with Gasteiger partial charge in [0.15, 0.2) is 5.82 Å². The smallest absolute Gasteiger partial charge is 0.243 e. The van der Waals surface area contributed by atoms with Gasteiger partial charge in [0.1, 0.15) is 6.61 Å². The summed E-state index contributed by atoms with van der Waals surface area (Å²) in [5.74, 6) is 1.22. The van der Waals surface area contributed by atoms with Gasteiger partial charge in [-0.1, -0.05) is 35.0 Å². The van der Waals surface area contributed by atoms with E-state index in [0.717, 1.165) is 24.5 Å². The Morgan fingerprint density at radius 2 is 2.30 bits per heavy atom. The van der Waals surface area contributed by atoms with Crippen LogP contribution in [-0.2, 0) is 11.3 Å². The van der Waals surface area contributed by atoms with E-state index in [0.29, 0.717) is 18.3 Å². The fraction of sp³-hybridized carbons (Fsp3) is 0.412. The van der Waals surface area contributed by atoms with Gasteiger partial charge in [-0.25, -0.2) is 0 Å². The molecule has 0 aliphatic carbocycles. The second-order valence-electron chi connectivity index (χ2n) is 5.64. The van der Waals surface area contributed by atoms with Crippen LogP contribution in [-0.4, -0.2) is 35.2 Å². The highest BCUT2D eigenvalue weighted by Crippen LogP contribution is 2.28. The van der Waals surface area contributed by atoms with Gasteiger partial charge in [-0.2, -0.15) is 4.98 Å². The standard InChI is InChI=1S/C17H20ClN3O2/c1-12(17-19-16(11-22-2)20-23-17)21-8-6-13(7-9-21)14-4-3-5-15(18)10-14/h3-6,10,12H,7-9,11H2,1-2H3. The molecule has 0 saturated heterocycles. The van der Waals surface area contributed by atoms with Crippen molar-refractivity contribution in [1.29, 1.82) is 0 Å². The molecule has 122 valence electrons. The SMILES string of the molecule is COCc1noc(C(C)N2CC=C(c3cccc(Cl)c3)CC2)n1. The summed E-state index contributed by atoms with van der Waals surface area (Å²) in [6.07, 6.45) is 3.22.